The minimum atomic E-state index is -3.43. The molecule has 3 N–H and O–H groups in total. The first-order valence-corrected chi connectivity index (χ1v) is 8.25. The van der Waals surface area contributed by atoms with E-state index in [9.17, 15) is 8.42 Å². The Bertz CT molecular complexity index is 571. The first-order chi connectivity index (χ1) is 8.71. The minimum absolute atomic E-state index is 0.0496. The summed E-state index contributed by atoms with van der Waals surface area (Å²) in [7, 11) is -3.43. The van der Waals surface area contributed by atoms with Gasteiger partial charge in [-0.15, -0.1) is 0 Å². The number of sulfonamides is 1. The summed E-state index contributed by atoms with van der Waals surface area (Å²) < 4.78 is 26.4. The monoisotopic (exact) mass is 320 g/mol. The maximum atomic E-state index is 12.0. The number of hydrogen-bond donors (Lipinski definition) is 2. The minimum Gasteiger partial charge on any atom is -0.389 e. The third-order valence-electron chi connectivity index (χ3n) is 2.48. The van der Waals surface area contributed by atoms with Crippen molar-refractivity contribution in [2.75, 3.05) is 10.5 Å². The Morgan fingerprint density at radius 2 is 2.11 bits per heavy atom. The highest BCUT2D eigenvalue weighted by atomic mass is 35.5. The molecule has 7 heteroatoms. The quantitative estimate of drug-likeness (QED) is 0.791. The maximum Gasteiger partial charge on any atom is 0.232 e. The molecule has 0 fully saturated rings. The van der Waals surface area contributed by atoms with Crippen molar-refractivity contribution in [3.8, 4) is 0 Å². The molecule has 1 rings (SSSR count). The molecule has 19 heavy (non-hydrogen) atoms. The van der Waals surface area contributed by atoms with E-state index in [-0.39, 0.29) is 10.7 Å². The number of nitrogens with two attached hydrogens (primary N) is 1. The number of anilines is 1. The van der Waals surface area contributed by atoms with E-state index in [0.29, 0.717) is 28.6 Å². The molecule has 0 saturated heterocycles. The van der Waals surface area contributed by atoms with Gasteiger partial charge in [-0.2, -0.15) is 0 Å². The van der Waals surface area contributed by atoms with Gasteiger partial charge in [-0.1, -0.05) is 37.7 Å². The Hall–Kier alpha value is -0.850. The van der Waals surface area contributed by atoms with Crippen molar-refractivity contribution in [2.45, 2.75) is 20.3 Å². The van der Waals surface area contributed by atoms with Crippen LogP contribution in [0.5, 0.6) is 0 Å². The lowest BCUT2D eigenvalue weighted by Crippen LogP contribution is -2.21. The zero-order chi connectivity index (χ0) is 14.6. The van der Waals surface area contributed by atoms with Crippen molar-refractivity contribution in [3.05, 3.63) is 28.8 Å². The SMILES string of the molecule is CC(C)CCS(=O)(=O)Nc1cc(Cl)ccc1C(N)=S. The third-order valence-corrected chi connectivity index (χ3v) is 4.24. The smallest absolute Gasteiger partial charge is 0.232 e. The molecule has 0 saturated carbocycles. The molecule has 0 aliphatic carbocycles. The van der Waals surface area contributed by atoms with Crippen LogP contribution in [-0.4, -0.2) is 19.2 Å². The average Bonchev–Trinajstić information content (AvgIpc) is 2.25. The highest BCUT2D eigenvalue weighted by Crippen LogP contribution is 2.22. The van der Waals surface area contributed by atoms with Gasteiger partial charge in [-0.05, 0) is 30.5 Å². The van der Waals surface area contributed by atoms with Crippen molar-refractivity contribution in [1.82, 2.24) is 0 Å². The normalized spacial score (nSPS) is 11.6. The molecule has 0 aliphatic rings. The first-order valence-electron chi connectivity index (χ1n) is 5.81. The van der Waals surface area contributed by atoms with Gasteiger partial charge in [0.05, 0.1) is 11.4 Å². The summed E-state index contributed by atoms with van der Waals surface area (Å²) in [6, 6.07) is 4.72. The predicted octanol–water partition coefficient (Wildman–Crippen LogP) is 2.76. The summed E-state index contributed by atoms with van der Waals surface area (Å²) in [4.78, 5) is 0.123. The van der Waals surface area contributed by atoms with Crippen molar-refractivity contribution in [2.24, 2.45) is 11.7 Å². The van der Waals surface area contributed by atoms with Gasteiger partial charge in [-0.3, -0.25) is 4.72 Å². The van der Waals surface area contributed by atoms with Crippen LogP contribution >= 0.6 is 23.8 Å². The Morgan fingerprint density at radius 1 is 1.47 bits per heavy atom. The summed E-state index contributed by atoms with van der Waals surface area (Å²) in [5, 5.41) is 0.418. The van der Waals surface area contributed by atoms with Crippen molar-refractivity contribution in [1.29, 1.82) is 0 Å². The number of nitrogens with one attached hydrogen (secondary N) is 1. The molecule has 1 aromatic carbocycles. The van der Waals surface area contributed by atoms with E-state index < -0.39 is 10.0 Å². The highest BCUT2D eigenvalue weighted by Gasteiger charge is 2.15. The van der Waals surface area contributed by atoms with Crippen LogP contribution in [0.3, 0.4) is 0 Å². The Kier molecular flexibility index (Phi) is 5.58. The molecule has 106 valence electrons. The second-order valence-electron chi connectivity index (χ2n) is 4.66. The zero-order valence-electron chi connectivity index (χ0n) is 10.8. The molecule has 0 aliphatic heterocycles. The molecular formula is C12H17ClN2O2S2. The van der Waals surface area contributed by atoms with E-state index in [1.807, 2.05) is 13.8 Å². The van der Waals surface area contributed by atoms with Gasteiger partial charge in [0, 0.05) is 10.6 Å². The van der Waals surface area contributed by atoms with E-state index >= 15 is 0 Å². The van der Waals surface area contributed by atoms with Crippen LogP contribution < -0.4 is 10.5 Å². The number of hydrogen-bond acceptors (Lipinski definition) is 3. The summed E-state index contributed by atoms with van der Waals surface area (Å²) in [5.41, 5.74) is 6.35. The molecule has 0 spiro atoms. The average molecular weight is 321 g/mol. The fourth-order valence-corrected chi connectivity index (χ4v) is 3.16. The van der Waals surface area contributed by atoms with E-state index in [0.717, 1.165) is 0 Å². The fourth-order valence-electron chi connectivity index (χ4n) is 1.43. The molecule has 0 heterocycles. The molecule has 0 amide bonds. The summed E-state index contributed by atoms with van der Waals surface area (Å²) >= 11 is 10.7. The molecule has 0 bridgehead atoms. The number of rotatable bonds is 6. The molecule has 0 atom stereocenters. The lowest BCUT2D eigenvalue weighted by Gasteiger charge is -2.13. The van der Waals surface area contributed by atoms with Crippen molar-refractivity contribution < 1.29 is 8.42 Å². The lowest BCUT2D eigenvalue weighted by molar-refractivity contribution is 0.578. The van der Waals surface area contributed by atoms with Crippen LogP contribution in [0.25, 0.3) is 0 Å². The molecule has 0 aromatic heterocycles. The van der Waals surface area contributed by atoms with Crippen LogP contribution in [0.15, 0.2) is 18.2 Å². The second-order valence-corrected chi connectivity index (χ2v) is 7.38. The van der Waals surface area contributed by atoms with Crippen LogP contribution in [0.1, 0.15) is 25.8 Å². The first kappa shape index (κ1) is 16.2. The lowest BCUT2D eigenvalue weighted by atomic mass is 10.2. The molecule has 4 nitrogen and oxygen atoms in total. The molecule has 0 radical (unpaired) electrons. The number of benzene rings is 1. The maximum absolute atomic E-state index is 12.0. The van der Waals surface area contributed by atoms with Gasteiger partial charge in [0.25, 0.3) is 0 Å². The standard InChI is InChI=1S/C12H17ClN2O2S2/c1-8(2)5-6-19(16,17)15-11-7-9(13)3-4-10(11)12(14)18/h3-4,7-8,15H,5-6H2,1-2H3,(H2,14,18). The highest BCUT2D eigenvalue weighted by molar-refractivity contribution is 7.92. The Balaban J connectivity index is 2.98. The summed E-state index contributed by atoms with van der Waals surface area (Å²) in [5.74, 6) is 0.361. The van der Waals surface area contributed by atoms with E-state index in [4.69, 9.17) is 29.6 Å². The van der Waals surface area contributed by atoms with Gasteiger partial charge < -0.3 is 5.73 Å². The van der Waals surface area contributed by atoms with Crippen molar-refractivity contribution >= 4 is 44.5 Å². The number of halogens is 1. The second kappa shape index (κ2) is 6.54. The number of thiocarbonyl (C=S) groups is 1. The Labute approximate surface area is 124 Å². The fraction of sp³-hybridized carbons (Fsp3) is 0.417. The predicted molar refractivity (Wildman–Crippen MR) is 84.2 cm³/mol. The van der Waals surface area contributed by atoms with Gasteiger partial charge in [0.2, 0.25) is 10.0 Å². The summed E-state index contributed by atoms with van der Waals surface area (Å²) in [6.45, 7) is 3.94. The van der Waals surface area contributed by atoms with Crippen LogP contribution in [0, 0.1) is 5.92 Å². The largest absolute Gasteiger partial charge is 0.389 e. The van der Waals surface area contributed by atoms with Crippen LogP contribution in [-0.2, 0) is 10.0 Å². The molecule has 0 unspecified atom stereocenters. The third kappa shape index (κ3) is 5.34. The van der Waals surface area contributed by atoms with E-state index in [2.05, 4.69) is 4.72 Å². The Morgan fingerprint density at radius 3 is 2.63 bits per heavy atom. The van der Waals surface area contributed by atoms with E-state index in [1.165, 1.54) is 6.07 Å². The van der Waals surface area contributed by atoms with Gasteiger partial charge >= 0.3 is 0 Å². The van der Waals surface area contributed by atoms with Gasteiger partial charge in [0.15, 0.2) is 0 Å². The van der Waals surface area contributed by atoms with Gasteiger partial charge in [0.1, 0.15) is 4.99 Å². The zero-order valence-corrected chi connectivity index (χ0v) is 13.2. The van der Waals surface area contributed by atoms with Gasteiger partial charge in [-0.25, -0.2) is 8.42 Å². The summed E-state index contributed by atoms with van der Waals surface area (Å²) in [6.07, 6.45) is 0.582. The van der Waals surface area contributed by atoms with Crippen molar-refractivity contribution in [3.63, 3.8) is 0 Å². The molecular weight excluding hydrogens is 304 g/mol. The topological polar surface area (TPSA) is 72.2 Å². The van der Waals surface area contributed by atoms with E-state index in [1.54, 1.807) is 12.1 Å². The molecule has 1 aromatic rings. The van der Waals surface area contributed by atoms with Crippen LogP contribution in [0.4, 0.5) is 5.69 Å². The van der Waals surface area contributed by atoms with Crippen LogP contribution in [0.2, 0.25) is 5.02 Å².